The summed E-state index contributed by atoms with van der Waals surface area (Å²) in [6, 6.07) is 8.27. The van der Waals surface area contributed by atoms with Gasteiger partial charge in [0.1, 0.15) is 0 Å². The predicted octanol–water partition coefficient (Wildman–Crippen LogP) is 1.66. The highest BCUT2D eigenvalue weighted by atomic mass is 79.9. The molecule has 0 aromatic heterocycles. The van der Waals surface area contributed by atoms with Crippen molar-refractivity contribution in [3.8, 4) is 0 Å². The van der Waals surface area contributed by atoms with Crippen LogP contribution in [-0.4, -0.2) is 43.1 Å². The second-order valence-corrected chi connectivity index (χ2v) is 6.12. The second kappa shape index (κ2) is 4.24. The van der Waals surface area contributed by atoms with Crippen LogP contribution in [0.2, 0.25) is 0 Å². The van der Waals surface area contributed by atoms with Crippen molar-refractivity contribution >= 4 is 27.6 Å². The van der Waals surface area contributed by atoms with Crippen LogP contribution in [0.15, 0.2) is 33.7 Å². The molecule has 1 aromatic rings. The summed E-state index contributed by atoms with van der Waals surface area (Å²) in [7, 11) is 2.16. The minimum atomic E-state index is 0.0552. The van der Waals surface area contributed by atoms with Gasteiger partial charge in [0, 0.05) is 23.2 Å². The molecule has 0 amide bonds. The number of benzene rings is 1. The third kappa shape index (κ3) is 1.82. The van der Waals surface area contributed by atoms with Crippen LogP contribution < -0.4 is 10.6 Å². The Labute approximate surface area is 116 Å². The van der Waals surface area contributed by atoms with Crippen molar-refractivity contribution in [1.82, 2.24) is 4.90 Å². The first-order valence-corrected chi connectivity index (χ1v) is 6.94. The number of rotatable bonds is 1. The smallest absolute Gasteiger partial charge is 0.196 e. The Morgan fingerprint density at radius 2 is 2.28 bits per heavy atom. The first-order valence-electron chi connectivity index (χ1n) is 6.15. The number of halogens is 1. The SMILES string of the molecule is CN1CCC2(CN=C(N)N2c2cccc(Br)c2)C1. The zero-order chi connectivity index (χ0) is 12.8. The Kier molecular flexibility index (Phi) is 2.83. The van der Waals surface area contributed by atoms with Crippen molar-refractivity contribution in [1.29, 1.82) is 0 Å². The first kappa shape index (κ1) is 12.0. The van der Waals surface area contributed by atoms with Crippen LogP contribution in [0.5, 0.6) is 0 Å². The minimum Gasteiger partial charge on any atom is -0.369 e. The summed E-state index contributed by atoms with van der Waals surface area (Å²) in [6.45, 7) is 2.92. The van der Waals surface area contributed by atoms with Crippen LogP contribution >= 0.6 is 15.9 Å². The highest BCUT2D eigenvalue weighted by Gasteiger charge is 2.47. The molecule has 0 saturated carbocycles. The summed E-state index contributed by atoms with van der Waals surface area (Å²) >= 11 is 3.52. The summed E-state index contributed by atoms with van der Waals surface area (Å²) in [6.07, 6.45) is 1.11. The van der Waals surface area contributed by atoms with Crippen molar-refractivity contribution in [2.75, 3.05) is 31.6 Å². The number of aliphatic imine (C=N–C) groups is 1. The standard InChI is InChI=1S/C13H17BrN4/c1-17-6-5-13(9-17)8-16-12(15)18(13)11-4-2-3-10(14)7-11/h2-4,7H,5-6,8-9H2,1H3,(H2,15,16). The summed E-state index contributed by atoms with van der Waals surface area (Å²) in [5, 5.41) is 0. The number of hydrogen-bond acceptors (Lipinski definition) is 4. The second-order valence-electron chi connectivity index (χ2n) is 5.20. The molecule has 1 unspecified atom stereocenters. The van der Waals surface area contributed by atoms with Gasteiger partial charge in [0.25, 0.3) is 0 Å². The van der Waals surface area contributed by atoms with Crippen LogP contribution in [-0.2, 0) is 0 Å². The van der Waals surface area contributed by atoms with Gasteiger partial charge in [-0.1, -0.05) is 22.0 Å². The van der Waals surface area contributed by atoms with Crippen LogP contribution in [0.3, 0.4) is 0 Å². The molecular formula is C13H17BrN4. The van der Waals surface area contributed by atoms with E-state index >= 15 is 0 Å². The Bertz CT molecular complexity index is 502. The molecular weight excluding hydrogens is 292 g/mol. The molecule has 96 valence electrons. The van der Waals surface area contributed by atoms with E-state index in [1.807, 2.05) is 12.1 Å². The molecule has 0 aliphatic carbocycles. The summed E-state index contributed by atoms with van der Waals surface area (Å²) < 4.78 is 1.07. The van der Waals surface area contributed by atoms with Gasteiger partial charge in [0.05, 0.1) is 12.1 Å². The van der Waals surface area contributed by atoms with E-state index in [4.69, 9.17) is 5.73 Å². The molecule has 4 nitrogen and oxygen atoms in total. The van der Waals surface area contributed by atoms with Gasteiger partial charge >= 0.3 is 0 Å². The van der Waals surface area contributed by atoms with Crippen LogP contribution in [0.4, 0.5) is 5.69 Å². The van der Waals surface area contributed by atoms with E-state index in [9.17, 15) is 0 Å². The number of likely N-dealkylation sites (tertiary alicyclic amines) is 1. The Morgan fingerprint density at radius 3 is 2.94 bits per heavy atom. The van der Waals surface area contributed by atoms with Crippen molar-refractivity contribution in [3.63, 3.8) is 0 Å². The Hall–Kier alpha value is -1.07. The van der Waals surface area contributed by atoms with E-state index in [1.165, 1.54) is 0 Å². The maximum Gasteiger partial charge on any atom is 0.196 e. The van der Waals surface area contributed by atoms with E-state index < -0.39 is 0 Å². The summed E-state index contributed by atoms with van der Waals surface area (Å²) in [5.41, 5.74) is 7.28. The molecule has 1 aromatic carbocycles. The molecule has 3 rings (SSSR count). The molecule has 5 heteroatoms. The lowest BCUT2D eigenvalue weighted by atomic mass is 9.97. The fraction of sp³-hybridized carbons (Fsp3) is 0.462. The fourth-order valence-electron chi connectivity index (χ4n) is 3.01. The number of guanidine groups is 1. The minimum absolute atomic E-state index is 0.0552. The molecule has 0 bridgehead atoms. The predicted molar refractivity (Wildman–Crippen MR) is 78.0 cm³/mol. The van der Waals surface area contributed by atoms with Gasteiger partial charge < -0.3 is 15.5 Å². The quantitative estimate of drug-likeness (QED) is 0.858. The van der Waals surface area contributed by atoms with Crippen LogP contribution in [0, 0.1) is 0 Å². The van der Waals surface area contributed by atoms with Crippen LogP contribution in [0.1, 0.15) is 6.42 Å². The lowest BCUT2D eigenvalue weighted by Crippen LogP contribution is -2.53. The highest BCUT2D eigenvalue weighted by molar-refractivity contribution is 9.10. The maximum absolute atomic E-state index is 6.10. The fourth-order valence-corrected chi connectivity index (χ4v) is 3.39. The topological polar surface area (TPSA) is 44.9 Å². The lowest BCUT2D eigenvalue weighted by molar-refractivity contribution is 0.379. The molecule has 18 heavy (non-hydrogen) atoms. The molecule has 1 saturated heterocycles. The third-order valence-corrected chi connectivity index (χ3v) is 4.32. The molecule has 1 fully saturated rings. The zero-order valence-electron chi connectivity index (χ0n) is 10.4. The third-order valence-electron chi connectivity index (χ3n) is 3.83. The lowest BCUT2D eigenvalue weighted by Gasteiger charge is -2.36. The maximum atomic E-state index is 6.10. The summed E-state index contributed by atoms with van der Waals surface area (Å²) in [5.74, 6) is 0.642. The van der Waals surface area contributed by atoms with Gasteiger partial charge in [-0.05, 0) is 31.7 Å². The van der Waals surface area contributed by atoms with E-state index in [2.05, 4.69) is 49.9 Å². The molecule has 2 aliphatic rings. The first-order chi connectivity index (χ1) is 8.61. The largest absolute Gasteiger partial charge is 0.369 e. The Balaban J connectivity index is 2.00. The average molecular weight is 309 g/mol. The molecule has 1 atom stereocenters. The van der Waals surface area contributed by atoms with Gasteiger partial charge in [-0.15, -0.1) is 0 Å². The molecule has 2 aliphatic heterocycles. The van der Waals surface area contributed by atoms with E-state index in [1.54, 1.807) is 0 Å². The monoisotopic (exact) mass is 308 g/mol. The average Bonchev–Trinajstić information content (AvgIpc) is 2.84. The van der Waals surface area contributed by atoms with Gasteiger partial charge in [0.15, 0.2) is 5.96 Å². The molecule has 1 spiro atoms. The number of hydrogen-bond donors (Lipinski definition) is 1. The van der Waals surface area contributed by atoms with E-state index in [0.717, 1.165) is 36.2 Å². The zero-order valence-corrected chi connectivity index (χ0v) is 12.0. The molecule has 0 radical (unpaired) electrons. The van der Waals surface area contributed by atoms with Gasteiger partial charge in [-0.25, -0.2) is 0 Å². The van der Waals surface area contributed by atoms with Gasteiger partial charge in [-0.2, -0.15) is 0 Å². The normalized spacial score (nSPS) is 28.1. The number of nitrogens with two attached hydrogens (primary N) is 1. The van der Waals surface area contributed by atoms with Crippen molar-refractivity contribution < 1.29 is 0 Å². The van der Waals surface area contributed by atoms with Crippen molar-refractivity contribution in [2.24, 2.45) is 10.7 Å². The Morgan fingerprint density at radius 1 is 1.44 bits per heavy atom. The molecule has 2 heterocycles. The summed E-state index contributed by atoms with van der Waals surface area (Å²) in [4.78, 5) is 9.03. The number of anilines is 1. The highest BCUT2D eigenvalue weighted by Crippen LogP contribution is 2.36. The number of nitrogens with zero attached hydrogens (tertiary/aromatic N) is 3. The van der Waals surface area contributed by atoms with Gasteiger partial charge in [0.2, 0.25) is 0 Å². The van der Waals surface area contributed by atoms with Crippen LogP contribution in [0.25, 0.3) is 0 Å². The van der Waals surface area contributed by atoms with Crippen molar-refractivity contribution in [2.45, 2.75) is 12.0 Å². The van der Waals surface area contributed by atoms with Gasteiger partial charge in [-0.3, -0.25) is 4.99 Å². The van der Waals surface area contributed by atoms with E-state index in [-0.39, 0.29) is 5.54 Å². The molecule has 2 N–H and O–H groups in total. The van der Waals surface area contributed by atoms with E-state index in [0.29, 0.717) is 5.96 Å². The van der Waals surface area contributed by atoms with Crippen molar-refractivity contribution in [3.05, 3.63) is 28.7 Å². The number of likely N-dealkylation sites (N-methyl/N-ethyl adjacent to an activating group) is 1.